The lowest BCUT2D eigenvalue weighted by molar-refractivity contribution is 0.482. The number of pyridine rings is 1. The van der Waals surface area contributed by atoms with Crippen LogP contribution in [-0.2, 0) is 9.05 Å². The van der Waals surface area contributed by atoms with Crippen molar-refractivity contribution in [3.8, 4) is 5.75 Å². The lowest BCUT2D eigenvalue weighted by Gasteiger charge is -2.07. The van der Waals surface area contributed by atoms with Gasteiger partial charge in [-0.25, -0.2) is 13.4 Å². The molecule has 3 aromatic rings. The average molecular weight is 348 g/mol. The van der Waals surface area contributed by atoms with Gasteiger partial charge in [-0.3, -0.25) is 0 Å². The number of phenols is 1. The van der Waals surface area contributed by atoms with Crippen LogP contribution >= 0.6 is 10.7 Å². The minimum atomic E-state index is -4.01. The maximum absolute atomic E-state index is 11.8. The van der Waals surface area contributed by atoms with Crippen LogP contribution < -0.4 is 0 Å². The zero-order valence-corrected chi connectivity index (χ0v) is 13.2. The van der Waals surface area contributed by atoms with E-state index in [9.17, 15) is 13.5 Å². The lowest BCUT2D eigenvalue weighted by Crippen LogP contribution is -1.92. The van der Waals surface area contributed by atoms with E-state index in [1.165, 1.54) is 6.07 Å². The monoisotopic (exact) mass is 347 g/mol. The van der Waals surface area contributed by atoms with Crippen LogP contribution in [0.15, 0.2) is 69.9 Å². The van der Waals surface area contributed by atoms with Crippen LogP contribution in [-0.4, -0.2) is 18.5 Å². The van der Waals surface area contributed by atoms with Crippen molar-refractivity contribution >= 4 is 42.0 Å². The van der Waals surface area contributed by atoms with E-state index in [0.717, 1.165) is 0 Å². The number of rotatable bonds is 3. The number of hydrogen-bond acceptors (Lipinski definition) is 6. The third-order valence-corrected chi connectivity index (χ3v) is 4.49. The highest BCUT2D eigenvalue weighted by Gasteiger charge is 2.19. The van der Waals surface area contributed by atoms with E-state index in [-0.39, 0.29) is 16.3 Å². The molecular formula is C15H10ClN3O3S. The van der Waals surface area contributed by atoms with Gasteiger partial charge in [0, 0.05) is 27.7 Å². The molecule has 0 spiro atoms. The van der Waals surface area contributed by atoms with Crippen LogP contribution in [0.4, 0.5) is 11.5 Å². The summed E-state index contributed by atoms with van der Waals surface area (Å²) in [7, 11) is 1.48. The second-order valence-corrected chi connectivity index (χ2v) is 7.15. The summed E-state index contributed by atoms with van der Waals surface area (Å²) in [6, 6.07) is 12.7. The molecule has 0 bridgehead atoms. The number of aromatic nitrogens is 1. The fourth-order valence-electron chi connectivity index (χ4n) is 2.11. The maximum atomic E-state index is 11.8. The van der Waals surface area contributed by atoms with Crippen molar-refractivity contribution < 1.29 is 13.5 Å². The number of nitrogens with zero attached hydrogens (tertiary/aromatic N) is 3. The minimum absolute atomic E-state index is 0.00595. The van der Waals surface area contributed by atoms with E-state index in [0.29, 0.717) is 16.6 Å². The summed E-state index contributed by atoms with van der Waals surface area (Å²) in [5, 5.41) is 18.7. The second kappa shape index (κ2) is 5.94. The standard InChI is InChI=1S/C15H10ClN3O3S/c16-23(21,22)13-9-12(18-19-14-7-3-4-8-17-14)15(20)11-6-2-1-5-10(11)13/h1-9,20H. The molecule has 0 fully saturated rings. The number of azo groups is 1. The molecule has 6 nitrogen and oxygen atoms in total. The lowest BCUT2D eigenvalue weighted by atomic mass is 10.1. The molecule has 116 valence electrons. The third kappa shape index (κ3) is 3.15. The predicted octanol–water partition coefficient (Wildman–Crippen LogP) is 4.28. The molecule has 0 atom stereocenters. The Balaban J connectivity index is 2.22. The number of phenolic OH excluding ortho intramolecular Hbond substituents is 1. The maximum Gasteiger partial charge on any atom is 0.262 e. The van der Waals surface area contributed by atoms with Crippen LogP contribution in [0, 0.1) is 0 Å². The van der Waals surface area contributed by atoms with E-state index in [4.69, 9.17) is 10.7 Å². The fraction of sp³-hybridized carbons (Fsp3) is 0. The molecule has 0 aliphatic carbocycles. The van der Waals surface area contributed by atoms with Crippen molar-refractivity contribution in [3.63, 3.8) is 0 Å². The Bertz CT molecular complexity index is 1010. The summed E-state index contributed by atoms with van der Waals surface area (Å²) in [6.07, 6.45) is 1.54. The fourth-order valence-corrected chi connectivity index (χ4v) is 3.18. The van der Waals surface area contributed by atoms with Crippen LogP contribution in [0.3, 0.4) is 0 Å². The van der Waals surface area contributed by atoms with E-state index >= 15 is 0 Å². The van der Waals surface area contributed by atoms with E-state index in [1.54, 1.807) is 48.7 Å². The Morgan fingerprint density at radius 2 is 1.70 bits per heavy atom. The van der Waals surface area contributed by atoms with Crippen LogP contribution in [0.25, 0.3) is 10.8 Å². The van der Waals surface area contributed by atoms with Crippen molar-refractivity contribution in [1.82, 2.24) is 4.98 Å². The summed E-state index contributed by atoms with van der Waals surface area (Å²) in [5.41, 5.74) is -0.00595. The van der Waals surface area contributed by atoms with Crippen LogP contribution in [0.5, 0.6) is 5.75 Å². The van der Waals surface area contributed by atoms with Gasteiger partial charge in [0.05, 0.1) is 4.90 Å². The summed E-state index contributed by atoms with van der Waals surface area (Å²) >= 11 is 0. The molecule has 0 saturated heterocycles. The Hall–Kier alpha value is -2.51. The largest absolute Gasteiger partial charge is 0.505 e. The van der Waals surface area contributed by atoms with E-state index in [1.807, 2.05) is 0 Å². The Kier molecular flexibility index (Phi) is 3.97. The average Bonchev–Trinajstić information content (AvgIpc) is 2.54. The first-order chi connectivity index (χ1) is 11.0. The van der Waals surface area contributed by atoms with Gasteiger partial charge in [0.1, 0.15) is 5.69 Å². The van der Waals surface area contributed by atoms with Crippen molar-refractivity contribution in [3.05, 3.63) is 54.7 Å². The molecule has 0 aliphatic rings. The smallest absolute Gasteiger partial charge is 0.262 e. The Morgan fingerprint density at radius 3 is 2.35 bits per heavy atom. The number of aromatic hydroxyl groups is 1. The number of hydrogen-bond donors (Lipinski definition) is 1. The molecule has 8 heteroatoms. The highest BCUT2D eigenvalue weighted by atomic mass is 35.7. The molecule has 0 radical (unpaired) electrons. The Labute approximate surface area is 136 Å². The quantitative estimate of drug-likeness (QED) is 0.565. The van der Waals surface area contributed by atoms with Gasteiger partial charge in [-0.2, -0.15) is 0 Å². The summed E-state index contributed by atoms with van der Waals surface area (Å²) in [6.45, 7) is 0. The van der Waals surface area contributed by atoms with Crippen molar-refractivity contribution in [2.45, 2.75) is 4.90 Å². The van der Waals surface area contributed by atoms with Gasteiger partial charge in [0.25, 0.3) is 9.05 Å². The molecule has 2 aromatic carbocycles. The zero-order valence-electron chi connectivity index (χ0n) is 11.6. The van der Waals surface area contributed by atoms with Gasteiger partial charge in [-0.1, -0.05) is 30.3 Å². The molecule has 0 aliphatic heterocycles. The number of benzene rings is 2. The van der Waals surface area contributed by atoms with Gasteiger partial charge in [-0.15, -0.1) is 10.2 Å². The van der Waals surface area contributed by atoms with Gasteiger partial charge in [0.2, 0.25) is 0 Å². The Morgan fingerprint density at radius 1 is 1.00 bits per heavy atom. The molecule has 23 heavy (non-hydrogen) atoms. The molecule has 1 heterocycles. The summed E-state index contributed by atoms with van der Waals surface area (Å²) in [5.74, 6) is 0.152. The molecule has 0 unspecified atom stereocenters. The van der Waals surface area contributed by atoms with Crippen LogP contribution in [0.2, 0.25) is 0 Å². The zero-order chi connectivity index (χ0) is 16.4. The van der Waals surface area contributed by atoms with Gasteiger partial charge >= 0.3 is 0 Å². The minimum Gasteiger partial charge on any atom is -0.505 e. The summed E-state index contributed by atoms with van der Waals surface area (Å²) < 4.78 is 23.6. The van der Waals surface area contributed by atoms with Crippen molar-refractivity contribution in [1.29, 1.82) is 0 Å². The topological polar surface area (TPSA) is 92.0 Å². The van der Waals surface area contributed by atoms with E-state index < -0.39 is 9.05 Å². The molecule has 0 saturated carbocycles. The summed E-state index contributed by atoms with van der Waals surface area (Å²) in [4.78, 5) is 3.83. The first kappa shape index (κ1) is 15.4. The first-order valence-electron chi connectivity index (χ1n) is 6.49. The molecule has 3 rings (SSSR count). The van der Waals surface area contributed by atoms with Gasteiger partial charge in [0.15, 0.2) is 11.6 Å². The van der Waals surface area contributed by atoms with Crippen LogP contribution in [0.1, 0.15) is 0 Å². The van der Waals surface area contributed by atoms with Gasteiger partial charge in [-0.05, 0) is 18.2 Å². The van der Waals surface area contributed by atoms with E-state index in [2.05, 4.69) is 15.2 Å². The highest BCUT2D eigenvalue weighted by Crippen LogP contribution is 2.40. The molecule has 1 aromatic heterocycles. The number of fused-ring (bicyclic) bond motifs is 1. The van der Waals surface area contributed by atoms with Crippen molar-refractivity contribution in [2.24, 2.45) is 10.2 Å². The van der Waals surface area contributed by atoms with Crippen molar-refractivity contribution in [2.75, 3.05) is 0 Å². The SMILES string of the molecule is O=S(=O)(Cl)c1cc(N=Nc2ccccn2)c(O)c2ccccc12. The normalized spacial score (nSPS) is 12.0. The first-order valence-corrected chi connectivity index (χ1v) is 8.80. The number of halogens is 1. The molecule has 1 N–H and O–H groups in total. The second-order valence-electron chi connectivity index (χ2n) is 4.61. The molecule has 0 amide bonds. The third-order valence-electron chi connectivity index (χ3n) is 3.13. The van der Waals surface area contributed by atoms with Gasteiger partial charge < -0.3 is 5.11 Å². The molecular weight excluding hydrogens is 338 g/mol. The predicted molar refractivity (Wildman–Crippen MR) is 87.1 cm³/mol. The highest BCUT2D eigenvalue weighted by molar-refractivity contribution is 8.14.